The lowest BCUT2D eigenvalue weighted by atomic mass is 9.96. The van der Waals surface area contributed by atoms with E-state index in [0.29, 0.717) is 5.82 Å². The molecule has 0 amide bonds. The summed E-state index contributed by atoms with van der Waals surface area (Å²) < 4.78 is 2.19. The minimum atomic E-state index is 0.709. The van der Waals surface area contributed by atoms with Gasteiger partial charge in [-0.3, -0.25) is 4.40 Å². The van der Waals surface area contributed by atoms with Crippen molar-refractivity contribution >= 4 is 27.5 Å². The summed E-state index contributed by atoms with van der Waals surface area (Å²) in [6, 6.07) is 48.1. The molecule has 3 aromatic heterocycles. The van der Waals surface area contributed by atoms with Crippen molar-refractivity contribution in [3.8, 4) is 45.0 Å². The van der Waals surface area contributed by atoms with Gasteiger partial charge in [-0.2, -0.15) is 0 Å². The van der Waals surface area contributed by atoms with E-state index in [0.717, 1.165) is 61.3 Å². The van der Waals surface area contributed by atoms with E-state index in [9.17, 15) is 0 Å². The highest BCUT2D eigenvalue weighted by Gasteiger charge is 2.15. The number of aromatic nitrogens is 4. The molecule has 0 N–H and O–H groups in total. The van der Waals surface area contributed by atoms with Gasteiger partial charge < -0.3 is 0 Å². The number of fused-ring (bicyclic) bond motifs is 5. The third kappa shape index (κ3) is 4.05. The normalized spacial score (nSPS) is 11.4. The van der Waals surface area contributed by atoms with Crippen molar-refractivity contribution in [2.75, 3.05) is 0 Å². The standard InChI is InChI=1S/C37H24N4/c1-3-12-26(13-4-1)33-24-34(39-36(38-33)27-14-5-2-6-15-27)31-18-10-9-16-29(31)28-19-20-32-35(23-28)41-22-21-25-11-7-8-17-30(25)37(41)40-32/h1-24H. The van der Waals surface area contributed by atoms with Crippen LogP contribution in [0.15, 0.2) is 146 Å². The summed E-state index contributed by atoms with van der Waals surface area (Å²) in [5.74, 6) is 0.709. The van der Waals surface area contributed by atoms with Crippen molar-refractivity contribution in [3.63, 3.8) is 0 Å². The first-order valence-corrected chi connectivity index (χ1v) is 13.7. The highest BCUT2D eigenvalue weighted by Crippen LogP contribution is 2.36. The fourth-order valence-corrected chi connectivity index (χ4v) is 5.62. The molecule has 3 heterocycles. The molecule has 0 unspecified atom stereocenters. The molecule has 192 valence electrons. The van der Waals surface area contributed by atoms with E-state index in [-0.39, 0.29) is 0 Å². The van der Waals surface area contributed by atoms with E-state index >= 15 is 0 Å². The highest BCUT2D eigenvalue weighted by molar-refractivity contribution is 5.99. The molecule has 0 atom stereocenters. The SMILES string of the molecule is c1ccc(-c2cc(-c3ccccc3-c3ccc4nc5c6ccccc6ccn5c4c3)nc(-c3ccccc3)n2)cc1. The van der Waals surface area contributed by atoms with Crippen LogP contribution in [0.3, 0.4) is 0 Å². The summed E-state index contributed by atoms with van der Waals surface area (Å²) in [6.45, 7) is 0. The van der Waals surface area contributed by atoms with E-state index in [1.807, 2.05) is 36.4 Å². The first-order chi connectivity index (χ1) is 20.3. The number of hydrogen-bond donors (Lipinski definition) is 0. The first kappa shape index (κ1) is 23.3. The van der Waals surface area contributed by atoms with E-state index in [4.69, 9.17) is 15.0 Å². The average molecular weight is 525 g/mol. The second-order valence-electron chi connectivity index (χ2n) is 10.2. The van der Waals surface area contributed by atoms with Crippen molar-refractivity contribution in [2.24, 2.45) is 0 Å². The molecule has 8 aromatic rings. The zero-order valence-electron chi connectivity index (χ0n) is 22.1. The maximum Gasteiger partial charge on any atom is 0.160 e. The Hall–Kier alpha value is -5.61. The Balaban J connectivity index is 1.32. The van der Waals surface area contributed by atoms with Gasteiger partial charge in [0.05, 0.1) is 22.4 Å². The van der Waals surface area contributed by atoms with Crippen LogP contribution in [0.5, 0.6) is 0 Å². The summed E-state index contributed by atoms with van der Waals surface area (Å²) in [5.41, 5.74) is 10.1. The van der Waals surface area contributed by atoms with Gasteiger partial charge in [0.2, 0.25) is 0 Å². The highest BCUT2D eigenvalue weighted by atomic mass is 15.0. The molecule has 8 rings (SSSR count). The Labute approximate surface area is 237 Å². The van der Waals surface area contributed by atoms with E-state index < -0.39 is 0 Å². The Kier molecular flexibility index (Phi) is 5.42. The van der Waals surface area contributed by atoms with Crippen LogP contribution in [0.1, 0.15) is 0 Å². The fraction of sp³-hybridized carbons (Fsp3) is 0. The second-order valence-corrected chi connectivity index (χ2v) is 10.2. The summed E-state index contributed by atoms with van der Waals surface area (Å²) in [5, 5.41) is 2.34. The van der Waals surface area contributed by atoms with Gasteiger partial charge in [0.15, 0.2) is 5.82 Å². The van der Waals surface area contributed by atoms with E-state index in [1.165, 1.54) is 5.39 Å². The van der Waals surface area contributed by atoms with Crippen molar-refractivity contribution in [3.05, 3.63) is 146 Å². The average Bonchev–Trinajstić information content (AvgIpc) is 3.44. The number of benzene rings is 5. The van der Waals surface area contributed by atoms with Gasteiger partial charge in [-0.15, -0.1) is 0 Å². The summed E-state index contributed by atoms with van der Waals surface area (Å²) in [4.78, 5) is 15.1. The summed E-state index contributed by atoms with van der Waals surface area (Å²) >= 11 is 0. The van der Waals surface area contributed by atoms with Crippen LogP contribution in [0.25, 0.3) is 72.5 Å². The lowest BCUT2D eigenvalue weighted by molar-refractivity contribution is 1.18. The minimum absolute atomic E-state index is 0.709. The maximum absolute atomic E-state index is 5.09. The molecule has 0 aliphatic rings. The molecular formula is C37H24N4. The van der Waals surface area contributed by atoms with Gasteiger partial charge in [-0.25, -0.2) is 15.0 Å². The van der Waals surface area contributed by atoms with Gasteiger partial charge in [-0.05, 0) is 40.8 Å². The molecule has 41 heavy (non-hydrogen) atoms. The Morgan fingerprint density at radius 3 is 1.98 bits per heavy atom. The van der Waals surface area contributed by atoms with Crippen LogP contribution < -0.4 is 0 Å². The third-order valence-electron chi connectivity index (χ3n) is 7.64. The van der Waals surface area contributed by atoms with Crippen LogP contribution in [0, 0.1) is 0 Å². The lowest BCUT2D eigenvalue weighted by Crippen LogP contribution is -1.97. The predicted molar refractivity (Wildman–Crippen MR) is 168 cm³/mol. The van der Waals surface area contributed by atoms with Gasteiger partial charge in [-0.1, -0.05) is 115 Å². The maximum atomic E-state index is 5.09. The number of hydrogen-bond acceptors (Lipinski definition) is 3. The molecule has 0 aliphatic heterocycles. The molecule has 0 radical (unpaired) electrons. The van der Waals surface area contributed by atoms with Crippen molar-refractivity contribution in [1.82, 2.24) is 19.4 Å². The van der Waals surface area contributed by atoms with E-state index in [1.54, 1.807) is 0 Å². The molecule has 5 aromatic carbocycles. The molecule has 0 saturated carbocycles. The number of nitrogens with zero attached hydrogens (tertiary/aromatic N) is 4. The van der Waals surface area contributed by atoms with E-state index in [2.05, 4.69) is 114 Å². The molecule has 0 bridgehead atoms. The number of pyridine rings is 1. The largest absolute Gasteiger partial charge is 0.299 e. The zero-order valence-corrected chi connectivity index (χ0v) is 22.1. The van der Waals surface area contributed by atoms with Crippen LogP contribution in [0.2, 0.25) is 0 Å². The number of rotatable bonds is 4. The van der Waals surface area contributed by atoms with Crippen molar-refractivity contribution in [1.29, 1.82) is 0 Å². The molecular weight excluding hydrogens is 500 g/mol. The monoisotopic (exact) mass is 524 g/mol. The van der Waals surface area contributed by atoms with Crippen LogP contribution >= 0.6 is 0 Å². The van der Waals surface area contributed by atoms with Crippen LogP contribution in [0.4, 0.5) is 0 Å². The van der Waals surface area contributed by atoms with Crippen molar-refractivity contribution < 1.29 is 0 Å². The quantitative estimate of drug-likeness (QED) is 0.231. The molecule has 0 fully saturated rings. The van der Waals surface area contributed by atoms with Gasteiger partial charge >= 0.3 is 0 Å². The van der Waals surface area contributed by atoms with Crippen LogP contribution in [-0.2, 0) is 0 Å². The lowest BCUT2D eigenvalue weighted by Gasteiger charge is -2.13. The topological polar surface area (TPSA) is 43.1 Å². The molecule has 0 saturated heterocycles. The molecule has 4 heteroatoms. The van der Waals surface area contributed by atoms with Gasteiger partial charge in [0, 0.05) is 28.3 Å². The Bertz CT molecular complexity index is 2140. The van der Waals surface area contributed by atoms with Crippen molar-refractivity contribution in [2.45, 2.75) is 0 Å². The molecule has 0 aliphatic carbocycles. The summed E-state index contributed by atoms with van der Waals surface area (Å²) in [7, 11) is 0. The summed E-state index contributed by atoms with van der Waals surface area (Å²) in [6.07, 6.45) is 2.12. The minimum Gasteiger partial charge on any atom is -0.299 e. The third-order valence-corrected chi connectivity index (χ3v) is 7.64. The van der Waals surface area contributed by atoms with Gasteiger partial charge in [0.25, 0.3) is 0 Å². The Morgan fingerprint density at radius 2 is 1.15 bits per heavy atom. The second kappa shape index (κ2) is 9.54. The molecule has 0 spiro atoms. The molecule has 4 nitrogen and oxygen atoms in total. The van der Waals surface area contributed by atoms with Crippen LogP contribution in [-0.4, -0.2) is 19.4 Å². The smallest absolute Gasteiger partial charge is 0.160 e. The first-order valence-electron chi connectivity index (χ1n) is 13.7. The Morgan fingerprint density at radius 1 is 0.463 bits per heavy atom. The fourth-order valence-electron chi connectivity index (χ4n) is 5.62. The number of imidazole rings is 1. The predicted octanol–water partition coefficient (Wildman–Crippen LogP) is 9.10. The van der Waals surface area contributed by atoms with Gasteiger partial charge in [0.1, 0.15) is 5.65 Å². The zero-order chi connectivity index (χ0) is 27.2.